The van der Waals surface area contributed by atoms with Crippen molar-refractivity contribution in [1.82, 2.24) is 9.55 Å². The summed E-state index contributed by atoms with van der Waals surface area (Å²) >= 11 is 3.16. The van der Waals surface area contributed by atoms with Crippen LogP contribution in [0.1, 0.15) is 5.56 Å². The topological polar surface area (TPSA) is 53.1 Å². The number of methoxy groups -OCH3 is 1. The molecule has 1 heterocycles. The van der Waals surface area contributed by atoms with Crippen molar-refractivity contribution in [1.29, 1.82) is 0 Å². The van der Waals surface area contributed by atoms with E-state index < -0.39 is 0 Å². The summed E-state index contributed by atoms with van der Waals surface area (Å²) in [6.07, 6.45) is 0. The van der Waals surface area contributed by atoms with Crippen LogP contribution in [0, 0.1) is 12.7 Å². The van der Waals surface area contributed by atoms with E-state index in [2.05, 4.69) is 20.9 Å². The molecule has 6 heteroatoms. The third-order valence-corrected chi connectivity index (χ3v) is 3.98. The predicted molar refractivity (Wildman–Crippen MR) is 84.4 cm³/mol. The monoisotopic (exact) mass is 349 g/mol. The first-order valence-corrected chi connectivity index (χ1v) is 7.08. The zero-order valence-electron chi connectivity index (χ0n) is 11.5. The van der Waals surface area contributed by atoms with Gasteiger partial charge in [0.15, 0.2) is 0 Å². The number of imidazole rings is 1. The van der Waals surface area contributed by atoms with Crippen molar-refractivity contribution in [2.75, 3.05) is 12.8 Å². The molecule has 3 aromatic rings. The Balaban J connectivity index is 2.29. The number of halogens is 2. The number of nitrogens with two attached hydrogens (primary N) is 1. The van der Waals surface area contributed by atoms with Crippen LogP contribution in [-0.4, -0.2) is 16.7 Å². The van der Waals surface area contributed by atoms with E-state index in [4.69, 9.17) is 10.5 Å². The lowest BCUT2D eigenvalue weighted by Crippen LogP contribution is -2.03. The molecule has 2 N–H and O–H groups in total. The highest BCUT2D eigenvalue weighted by atomic mass is 79.9. The van der Waals surface area contributed by atoms with Crippen molar-refractivity contribution >= 4 is 32.9 Å². The van der Waals surface area contributed by atoms with Gasteiger partial charge in [-0.1, -0.05) is 0 Å². The average Bonchev–Trinajstić information content (AvgIpc) is 2.75. The molecule has 0 atom stereocenters. The van der Waals surface area contributed by atoms with Gasteiger partial charge < -0.3 is 10.5 Å². The average molecular weight is 350 g/mol. The molecule has 0 spiro atoms. The van der Waals surface area contributed by atoms with Gasteiger partial charge in [-0.15, -0.1) is 0 Å². The number of hydrogen-bond acceptors (Lipinski definition) is 3. The minimum absolute atomic E-state index is 0.316. The van der Waals surface area contributed by atoms with Gasteiger partial charge in [0.2, 0.25) is 5.95 Å². The van der Waals surface area contributed by atoms with Gasteiger partial charge in [-0.2, -0.15) is 0 Å². The quantitative estimate of drug-likeness (QED) is 0.764. The number of rotatable bonds is 2. The number of aromatic nitrogens is 2. The van der Waals surface area contributed by atoms with E-state index in [1.165, 1.54) is 6.07 Å². The summed E-state index contributed by atoms with van der Waals surface area (Å²) in [6.45, 7) is 1.94. The summed E-state index contributed by atoms with van der Waals surface area (Å²) in [5, 5.41) is 0. The highest BCUT2D eigenvalue weighted by Gasteiger charge is 2.14. The summed E-state index contributed by atoms with van der Waals surface area (Å²) in [7, 11) is 1.61. The summed E-state index contributed by atoms with van der Waals surface area (Å²) in [4.78, 5) is 4.29. The molecule has 0 aliphatic rings. The molecular weight excluding hydrogens is 337 g/mol. The Labute approximate surface area is 129 Å². The Kier molecular flexibility index (Phi) is 3.33. The Morgan fingerprint density at radius 3 is 2.71 bits per heavy atom. The first-order valence-electron chi connectivity index (χ1n) is 6.29. The third kappa shape index (κ3) is 2.25. The van der Waals surface area contributed by atoms with Crippen molar-refractivity contribution in [3.05, 3.63) is 46.2 Å². The van der Waals surface area contributed by atoms with E-state index in [-0.39, 0.29) is 5.82 Å². The fourth-order valence-electron chi connectivity index (χ4n) is 2.35. The molecule has 108 valence electrons. The first kappa shape index (κ1) is 13.9. The van der Waals surface area contributed by atoms with E-state index in [1.54, 1.807) is 17.7 Å². The van der Waals surface area contributed by atoms with E-state index in [1.807, 2.05) is 25.1 Å². The van der Waals surface area contributed by atoms with Crippen LogP contribution in [0.4, 0.5) is 10.3 Å². The molecule has 0 amide bonds. The predicted octanol–water partition coefficient (Wildman–Crippen LogP) is 3.83. The maximum absolute atomic E-state index is 13.8. The largest absolute Gasteiger partial charge is 0.497 e. The molecule has 0 aliphatic heterocycles. The molecule has 0 fully saturated rings. The zero-order valence-corrected chi connectivity index (χ0v) is 13.1. The number of aryl methyl sites for hydroxylation is 1. The van der Waals surface area contributed by atoms with Crippen LogP contribution < -0.4 is 10.5 Å². The highest BCUT2D eigenvalue weighted by molar-refractivity contribution is 9.10. The summed E-state index contributed by atoms with van der Waals surface area (Å²) < 4.78 is 21.1. The Morgan fingerprint density at radius 2 is 2.05 bits per heavy atom. The molecule has 21 heavy (non-hydrogen) atoms. The van der Waals surface area contributed by atoms with E-state index in [0.717, 1.165) is 17.0 Å². The van der Waals surface area contributed by atoms with E-state index in [0.29, 0.717) is 21.5 Å². The van der Waals surface area contributed by atoms with Crippen LogP contribution in [0.25, 0.3) is 16.7 Å². The molecule has 0 aliphatic carbocycles. The number of anilines is 1. The Morgan fingerprint density at radius 1 is 1.29 bits per heavy atom. The van der Waals surface area contributed by atoms with Gasteiger partial charge in [-0.3, -0.25) is 4.57 Å². The van der Waals surface area contributed by atoms with Crippen molar-refractivity contribution in [2.45, 2.75) is 6.92 Å². The van der Waals surface area contributed by atoms with Crippen molar-refractivity contribution < 1.29 is 9.13 Å². The smallest absolute Gasteiger partial charge is 0.205 e. The molecule has 0 saturated carbocycles. The lowest BCUT2D eigenvalue weighted by molar-refractivity contribution is 0.414. The zero-order chi connectivity index (χ0) is 15.1. The third-order valence-electron chi connectivity index (χ3n) is 3.37. The van der Waals surface area contributed by atoms with Gasteiger partial charge in [0.1, 0.15) is 11.6 Å². The molecule has 0 unspecified atom stereocenters. The molecule has 0 saturated heterocycles. The van der Waals surface area contributed by atoms with Crippen LogP contribution in [0.3, 0.4) is 0 Å². The van der Waals surface area contributed by atoms with Crippen molar-refractivity contribution in [2.24, 2.45) is 0 Å². The maximum atomic E-state index is 13.8. The lowest BCUT2D eigenvalue weighted by Gasteiger charge is -2.11. The lowest BCUT2D eigenvalue weighted by atomic mass is 10.2. The molecule has 4 nitrogen and oxygen atoms in total. The molecule has 0 radical (unpaired) electrons. The van der Waals surface area contributed by atoms with E-state index in [9.17, 15) is 4.39 Å². The van der Waals surface area contributed by atoms with Gasteiger partial charge in [0, 0.05) is 6.07 Å². The van der Waals surface area contributed by atoms with Crippen LogP contribution in [0.5, 0.6) is 5.75 Å². The molecule has 1 aromatic heterocycles. The van der Waals surface area contributed by atoms with Crippen molar-refractivity contribution in [3.8, 4) is 11.4 Å². The normalized spacial score (nSPS) is 11.0. The second kappa shape index (κ2) is 5.04. The second-order valence-corrected chi connectivity index (χ2v) is 5.57. The Hall–Kier alpha value is -2.08. The van der Waals surface area contributed by atoms with Gasteiger partial charge in [0.25, 0.3) is 0 Å². The van der Waals surface area contributed by atoms with Gasteiger partial charge in [-0.25, -0.2) is 9.37 Å². The number of ether oxygens (including phenoxy) is 1. The van der Waals surface area contributed by atoms with Crippen LogP contribution in [-0.2, 0) is 0 Å². The van der Waals surface area contributed by atoms with Gasteiger partial charge >= 0.3 is 0 Å². The maximum Gasteiger partial charge on any atom is 0.205 e. The van der Waals surface area contributed by atoms with Gasteiger partial charge in [-0.05, 0) is 52.7 Å². The molecule has 3 rings (SSSR count). The first-order chi connectivity index (χ1) is 10.0. The molecular formula is C15H13BrFN3O. The Bertz CT molecular complexity index is 845. The van der Waals surface area contributed by atoms with Gasteiger partial charge in [0.05, 0.1) is 28.3 Å². The SMILES string of the molecule is COc1ccc(-n2c(N)nc3cc(Br)c(F)cc32)c(C)c1. The number of nitrogens with zero attached hydrogens (tertiary/aromatic N) is 2. The summed E-state index contributed by atoms with van der Waals surface area (Å²) in [6, 6.07) is 8.66. The summed E-state index contributed by atoms with van der Waals surface area (Å²) in [5.41, 5.74) is 9.08. The van der Waals surface area contributed by atoms with Crippen molar-refractivity contribution in [3.63, 3.8) is 0 Å². The number of hydrogen-bond donors (Lipinski definition) is 1. The second-order valence-electron chi connectivity index (χ2n) is 4.71. The minimum atomic E-state index is -0.352. The molecule has 0 bridgehead atoms. The van der Waals surface area contributed by atoms with Crippen LogP contribution in [0.2, 0.25) is 0 Å². The fourth-order valence-corrected chi connectivity index (χ4v) is 2.68. The summed E-state index contributed by atoms with van der Waals surface area (Å²) in [5.74, 6) is 0.721. The number of fused-ring (bicyclic) bond motifs is 1. The number of benzene rings is 2. The highest BCUT2D eigenvalue weighted by Crippen LogP contribution is 2.30. The standard InChI is InChI=1S/C15H13BrFN3O/c1-8-5-9(21-2)3-4-13(8)20-14-7-11(17)10(16)6-12(14)19-15(20)18/h3-7H,1-2H3,(H2,18,19). The minimum Gasteiger partial charge on any atom is -0.497 e. The molecule has 2 aromatic carbocycles. The van der Waals surface area contributed by atoms with Crippen LogP contribution >= 0.6 is 15.9 Å². The number of nitrogen functional groups attached to an aromatic ring is 1. The fraction of sp³-hybridized carbons (Fsp3) is 0.133. The van der Waals surface area contributed by atoms with E-state index >= 15 is 0 Å². The van der Waals surface area contributed by atoms with Crippen LogP contribution in [0.15, 0.2) is 34.8 Å².